The molecule has 1 unspecified atom stereocenters. The van der Waals surface area contributed by atoms with Crippen molar-refractivity contribution in [1.29, 1.82) is 0 Å². The van der Waals surface area contributed by atoms with E-state index < -0.39 is 0 Å². The lowest BCUT2D eigenvalue weighted by Gasteiger charge is -2.18. The molecule has 1 atom stereocenters. The summed E-state index contributed by atoms with van der Waals surface area (Å²) >= 11 is 5.37. The van der Waals surface area contributed by atoms with E-state index >= 15 is 0 Å². The molecule has 2 aromatic heterocycles. The zero-order valence-corrected chi connectivity index (χ0v) is 14.5. The first kappa shape index (κ1) is 16.6. The first-order valence-electron chi connectivity index (χ1n) is 6.95. The lowest BCUT2D eigenvalue weighted by Crippen LogP contribution is -2.30. The van der Waals surface area contributed by atoms with Gasteiger partial charge in [0.2, 0.25) is 0 Å². The Morgan fingerprint density at radius 2 is 2.43 bits per heavy atom. The van der Waals surface area contributed by atoms with Crippen LogP contribution in [0.5, 0.6) is 0 Å². The number of aromatic nitrogens is 2. The van der Waals surface area contributed by atoms with Gasteiger partial charge >= 0.3 is 0 Å². The Bertz CT molecular complexity index is 529. The summed E-state index contributed by atoms with van der Waals surface area (Å²) in [5.74, 6) is 5.75. The van der Waals surface area contributed by atoms with Crippen LogP contribution in [0.1, 0.15) is 29.5 Å². The quantitative estimate of drug-likeness (QED) is 0.524. The minimum atomic E-state index is 0.0821. The van der Waals surface area contributed by atoms with Crippen LogP contribution in [0.25, 0.3) is 0 Å². The Balaban J connectivity index is 1.97. The van der Waals surface area contributed by atoms with Crippen molar-refractivity contribution in [1.82, 2.24) is 15.2 Å². The molecule has 3 N–H and O–H groups in total. The largest absolute Gasteiger partial charge is 0.383 e. The molecule has 0 saturated carbocycles. The van der Waals surface area contributed by atoms with Gasteiger partial charge < -0.3 is 4.74 Å². The van der Waals surface area contributed by atoms with Crippen molar-refractivity contribution in [2.75, 3.05) is 13.7 Å². The molecular weight excluding hydrogens is 352 g/mol. The van der Waals surface area contributed by atoms with Crippen LogP contribution in [0, 0.1) is 0 Å². The molecule has 0 saturated heterocycles. The molecule has 0 aliphatic carbocycles. The van der Waals surface area contributed by atoms with Gasteiger partial charge in [0, 0.05) is 12.0 Å². The number of rotatable bonds is 9. The van der Waals surface area contributed by atoms with Gasteiger partial charge in [0.1, 0.15) is 0 Å². The lowest BCUT2D eigenvalue weighted by molar-refractivity contribution is 0.181. The number of methoxy groups -OCH3 is 1. The summed E-state index contributed by atoms with van der Waals surface area (Å²) in [6.07, 6.45) is 4.94. The summed E-state index contributed by atoms with van der Waals surface area (Å²) in [6.45, 7) is 1.36. The second-order valence-electron chi connectivity index (χ2n) is 4.78. The van der Waals surface area contributed by atoms with E-state index in [4.69, 9.17) is 10.6 Å². The molecule has 0 spiro atoms. The molecule has 0 radical (unpaired) electrons. The fraction of sp³-hybridized carbons (Fsp3) is 0.500. The zero-order valence-electron chi connectivity index (χ0n) is 12.1. The van der Waals surface area contributed by atoms with E-state index in [0.29, 0.717) is 6.61 Å². The SMILES string of the molecule is COCCn1ncc(Br)c1C(CCCc1cccs1)NN. The molecule has 2 rings (SSSR count). The van der Waals surface area contributed by atoms with E-state index in [-0.39, 0.29) is 6.04 Å². The maximum Gasteiger partial charge on any atom is 0.0710 e. The summed E-state index contributed by atoms with van der Waals surface area (Å²) in [6, 6.07) is 4.35. The number of nitrogens with two attached hydrogens (primary N) is 1. The average Bonchev–Trinajstić information content (AvgIpc) is 3.12. The summed E-state index contributed by atoms with van der Waals surface area (Å²) in [5, 5.41) is 6.49. The monoisotopic (exact) mass is 372 g/mol. The Morgan fingerprint density at radius 3 is 3.10 bits per heavy atom. The number of hydrogen-bond donors (Lipinski definition) is 2. The number of hydrogen-bond acceptors (Lipinski definition) is 5. The molecule has 0 amide bonds. The van der Waals surface area contributed by atoms with E-state index in [9.17, 15) is 0 Å². The lowest BCUT2D eigenvalue weighted by atomic mass is 10.1. The maximum atomic E-state index is 5.75. The molecule has 116 valence electrons. The molecule has 2 heterocycles. The molecule has 7 heteroatoms. The van der Waals surface area contributed by atoms with Crippen LogP contribution >= 0.6 is 27.3 Å². The van der Waals surface area contributed by atoms with Gasteiger partial charge in [0.15, 0.2) is 0 Å². The van der Waals surface area contributed by atoms with E-state index in [1.165, 1.54) is 4.88 Å². The van der Waals surface area contributed by atoms with Crippen molar-refractivity contribution in [3.8, 4) is 0 Å². The smallest absolute Gasteiger partial charge is 0.0710 e. The van der Waals surface area contributed by atoms with Crippen molar-refractivity contribution >= 4 is 27.3 Å². The minimum absolute atomic E-state index is 0.0821. The van der Waals surface area contributed by atoms with Crippen LogP contribution in [0.2, 0.25) is 0 Å². The van der Waals surface area contributed by atoms with Crippen molar-refractivity contribution < 1.29 is 4.74 Å². The highest BCUT2D eigenvalue weighted by Crippen LogP contribution is 2.27. The van der Waals surface area contributed by atoms with Crippen molar-refractivity contribution in [3.05, 3.63) is 38.8 Å². The third-order valence-electron chi connectivity index (χ3n) is 3.37. The van der Waals surface area contributed by atoms with Crippen molar-refractivity contribution in [2.45, 2.75) is 31.8 Å². The number of aryl methyl sites for hydroxylation is 1. The predicted molar refractivity (Wildman–Crippen MR) is 89.1 cm³/mol. The molecule has 0 aliphatic rings. The highest BCUT2D eigenvalue weighted by atomic mass is 79.9. The Labute approximate surface area is 137 Å². The fourth-order valence-corrected chi connectivity index (χ4v) is 3.63. The highest BCUT2D eigenvalue weighted by Gasteiger charge is 2.18. The molecule has 0 fully saturated rings. The summed E-state index contributed by atoms with van der Waals surface area (Å²) in [7, 11) is 1.69. The van der Waals surface area contributed by atoms with Crippen molar-refractivity contribution in [3.63, 3.8) is 0 Å². The summed E-state index contributed by atoms with van der Waals surface area (Å²) in [5.41, 5.74) is 4.00. The van der Waals surface area contributed by atoms with Crippen LogP contribution in [0.15, 0.2) is 28.2 Å². The summed E-state index contributed by atoms with van der Waals surface area (Å²) in [4.78, 5) is 1.41. The predicted octanol–water partition coefficient (Wildman–Crippen LogP) is 2.88. The third-order valence-corrected chi connectivity index (χ3v) is 4.91. The van der Waals surface area contributed by atoms with Gasteiger partial charge in [-0.15, -0.1) is 11.3 Å². The standard InChI is InChI=1S/C14H21BrN4OS/c1-20-8-7-19-14(12(15)10-17-19)13(18-16)6-2-4-11-5-3-9-21-11/h3,5,9-10,13,18H,2,4,6-8,16H2,1H3. The van der Waals surface area contributed by atoms with Crippen LogP contribution in [0.3, 0.4) is 0 Å². The van der Waals surface area contributed by atoms with Gasteiger partial charge in [-0.3, -0.25) is 16.0 Å². The van der Waals surface area contributed by atoms with E-state index in [0.717, 1.165) is 36.0 Å². The van der Waals surface area contributed by atoms with Gasteiger partial charge in [-0.05, 0) is 46.6 Å². The van der Waals surface area contributed by atoms with Crippen molar-refractivity contribution in [2.24, 2.45) is 5.84 Å². The van der Waals surface area contributed by atoms with Crippen LogP contribution in [0.4, 0.5) is 0 Å². The third kappa shape index (κ3) is 4.62. The normalized spacial score (nSPS) is 12.7. The fourth-order valence-electron chi connectivity index (χ4n) is 2.31. The van der Waals surface area contributed by atoms with Gasteiger partial charge in [-0.2, -0.15) is 5.10 Å². The van der Waals surface area contributed by atoms with Gasteiger partial charge in [-0.25, -0.2) is 0 Å². The molecule has 0 bridgehead atoms. The van der Waals surface area contributed by atoms with Crippen LogP contribution in [-0.2, 0) is 17.7 Å². The topological polar surface area (TPSA) is 65.1 Å². The molecule has 0 aliphatic heterocycles. The second kappa shape index (κ2) is 8.65. The van der Waals surface area contributed by atoms with E-state index in [1.54, 1.807) is 18.4 Å². The molecule has 5 nitrogen and oxygen atoms in total. The highest BCUT2D eigenvalue weighted by molar-refractivity contribution is 9.10. The first-order chi connectivity index (χ1) is 10.3. The van der Waals surface area contributed by atoms with E-state index in [1.807, 2.05) is 10.9 Å². The minimum Gasteiger partial charge on any atom is -0.383 e. The van der Waals surface area contributed by atoms with Crippen LogP contribution < -0.4 is 11.3 Å². The number of halogens is 1. The van der Waals surface area contributed by atoms with Gasteiger partial charge in [-0.1, -0.05) is 6.07 Å². The molecule has 21 heavy (non-hydrogen) atoms. The second-order valence-corrected chi connectivity index (χ2v) is 6.67. The Morgan fingerprint density at radius 1 is 1.57 bits per heavy atom. The Kier molecular flexibility index (Phi) is 6.85. The zero-order chi connectivity index (χ0) is 15.1. The first-order valence-corrected chi connectivity index (χ1v) is 8.62. The number of nitrogens with one attached hydrogen (secondary N) is 1. The van der Waals surface area contributed by atoms with Gasteiger partial charge in [0.25, 0.3) is 0 Å². The number of nitrogens with zero attached hydrogens (tertiary/aromatic N) is 2. The maximum absolute atomic E-state index is 5.75. The molecule has 2 aromatic rings. The number of ether oxygens (including phenoxy) is 1. The summed E-state index contributed by atoms with van der Waals surface area (Å²) < 4.78 is 8.06. The number of hydrazine groups is 1. The molecular formula is C14H21BrN4OS. The molecule has 0 aromatic carbocycles. The van der Waals surface area contributed by atoms with E-state index in [2.05, 4.69) is 44.0 Å². The number of thiophene rings is 1. The Hall–Kier alpha value is -0.730. The van der Waals surface area contributed by atoms with Gasteiger partial charge in [0.05, 0.1) is 35.6 Å². The average molecular weight is 373 g/mol. The van der Waals surface area contributed by atoms with Crippen LogP contribution in [-0.4, -0.2) is 23.5 Å².